The van der Waals surface area contributed by atoms with Crippen LogP contribution in [0.5, 0.6) is 0 Å². The van der Waals surface area contributed by atoms with E-state index in [0.29, 0.717) is 19.6 Å². The second kappa shape index (κ2) is 7.76. The summed E-state index contributed by atoms with van der Waals surface area (Å²) in [5.41, 5.74) is 16.4. The third-order valence-corrected chi connectivity index (χ3v) is 2.01. The summed E-state index contributed by atoms with van der Waals surface area (Å²) in [4.78, 5) is 0. The summed E-state index contributed by atoms with van der Waals surface area (Å²) in [7, 11) is 2.15. The molecule has 5 heteroatoms. The van der Waals surface area contributed by atoms with Crippen LogP contribution in [0.4, 0.5) is 0 Å². The number of nitrogens with zero attached hydrogens (tertiary/aromatic N) is 1. The van der Waals surface area contributed by atoms with Crippen LogP contribution < -0.4 is 29.6 Å². The zero-order valence-electron chi connectivity index (χ0n) is 7.80. The average Bonchev–Trinajstić information content (AvgIpc) is 1.88. The molecule has 0 aliphatic heterocycles. The van der Waals surface area contributed by atoms with Gasteiger partial charge in [0.1, 0.15) is 0 Å². The van der Waals surface area contributed by atoms with Gasteiger partial charge in [-0.05, 0) is 0 Å². The van der Waals surface area contributed by atoms with Crippen LogP contribution in [0.15, 0.2) is 0 Å². The van der Waals surface area contributed by atoms with Gasteiger partial charge in [-0.15, -0.1) is 0 Å². The molecule has 0 unspecified atom stereocenters. The molecular weight excluding hydrogens is 176 g/mol. The highest BCUT2D eigenvalue weighted by atomic mass is 35.5. The molecule has 0 rings (SSSR count). The molecule has 6 N–H and O–H groups in total. The van der Waals surface area contributed by atoms with E-state index < -0.39 is 0 Å². The van der Waals surface area contributed by atoms with Crippen molar-refractivity contribution < 1.29 is 16.9 Å². The molecule has 0 radical (unpaired) electrons. The van der Waals surface area contributed by atoms with Gasteiger partial charge in [-0.25, -0.2) is 0 Å². The van der Waals surface area contributed by atoms with Crippen molar-refractivity contribution in [3.8, 4) is 0 Å². The highest BCUT2D eigenvalue weighted by Crippen LogP contribution is 1.97. The Kier molecular flexibility index (Phi) is 9.47. The maximum Gasteiger partial charge on any atom is 0.0909 e. The van der Waals surface area contributed by atoms with Gasteiger partial charge < -0.3 is 34.1 Å². The number of hydrogen-bond acceptors (Lipinski definition) is 3. The minimum absolute atomic E-state index is 0. The van der Waals surface area contributed by atoms with E-state index in [1.165, 1.54) is 0 Å². The van der Waals surface area contributed by atoms with Gasteiger partial charge in [-0.1, -0.05) is 0 Å². The van der Waals surface area contributed by atoms with E-state index in [4.69, 9.17) is 17.2 Å². The van der Waals surface area contributed by atoms with E-state index in [0.717, 1.165) is 24.1 Å². The number of halogens is 1. The fraction of sp³-hybridized carbons (Fsp3) is 1.00. The molecule has 0 aromatic rings. The molecule has 12 heavy (non-hydrogen) atoms. The smallest absolute Gasteiger partial charge is 0.0909 e. The van der Waals surface area contributed by atoms with Gasteiger partial charge in [0.05, 0.1) is 26.7 Å². The molecule has 0 spiro atoms. The van der Waals surface area contributed by atoms with Crippen molar-refractivity contribution in [3.05, 3.63) is 0 Å². The van der Waals surface area contributed by atoms with Gasteiger partial charge in [0.2, 0.25) is 0 Å². The largest absolute Gasteiger partial charge is 1.00 e. The molecule has 4 nitrogen and oxygen atoms in total. The molecular formula is C7H21ClN4. The Bertz CT molecular complexity index is 82.4. The summed E-state index contributed by atoms with van der Waals surface area (Å²) in [6, 6.07) is 0. The quantitative estimate of drug-likeness (QED) is 0.374. The second-order valence-corrected chi connectivity index (χ2v) is 3.16. The van der Waals surface area contributed by atoms with Crippen LogP contribution in [0.1, 0.15) is 0 Å². The summed E-state index contributed by atoms with van der Waals surface area (Å²) >= 11 is 0. The Labute approximate surface area is 81.1 Å². The summed E-state index contributed by atoms with van der Waals surface area (Å²) in [5, 5.41) is 0. The SMILES string of the molecule is C[N+](CCN)(CCN)CCN.[Cl-]. The minimum Gasteiger partial charge on any atom is -1.00 e. The second-order valence-electron chi connectivity index (χ2n) is 3.16. The van der Waals surface area contributed by atoms with E-state index in [9.17, 15) is 0 Å². The predicted molar refractivity (Wildman–Crippen MR) is 47.9 cm³/mol. The Hall–Kier alpha value is 0.130. The van der Waals surface area contributed by atoms with Crippen molar-refractivity contribution in [2.45, 2.75) is 0 Å². The first-order valence-corrected chi connectivity index (χ1v) is 4.12. The first kappa shape index (κ1) is 14.6. The molecule has 0 aromatic carbocycles. The molecule has 0 aliphatic carbocycles. The van der Waals surface area contributed by atoms with Crippen LogP contribution in [0, 0.1) is 0 Å². The maximum atomic E-state index is 5.48. The Morgan fingerprint density at radius 2 is 1.08 bits per heavy atom. The van der Waals surface area contributed by atoms with Crippen LogP contribution in [-0.2, 0) is 0 Å². The van der Waals surface area contributed by atoms with Crippen molar-refractivity contribution in [2.75, 3.05) is 46.3 Å². The zero-order valence-corrected chi connectivity index (χ0v) is 8.56. The Morgan fingerprint density at radius 3 is 1.25 bits per heavy atom. The topological polar surface area (TPSA) is 78.1 Å². The molecule has 0 aliphatic rings. The summed E-state index contributed by atoms with van der Waals surface area (Å²) in [6.45, 7) is 5.01. The van der Waals surface area contributed by atoms with E-state index >= 15 is 0 Å². The van der Waals surface area contributed by atoms with Crippen LogP contribution in [-0.4, -0.2) is 50.8 Å². The van der Waals surface area contributed by atoms with E-state index in [1.54, 1.807) is 0 Å². The van der Waals surface area contributed by atoms with Crippen molar-refractivity contribution in [1.82, 2.24) is 0 Å². The van der Waals surface area contributed by atoms with Gasteiger partial charge in [0.25, 0.3) is 0 Å². The van der Waals surface area contributed by atoms with Crippen LogP contribution in [0.25, 0.3) is 0 Å². The van der Waals surface area contributed by atoms with Crippen molar-refractivity contribution in [1.29, 1.82) is 0 Å². The van der Waals surface area contributed by atoms with Gasteiger partial charge in [-0.2, -0.15) is 0 Å². The maximum absolute atomic E-state index is 5.48. The lowest BCUT2D eigenvalue weighted by Gasteiger charge is -2.33. The molecule has 0 amide bonds. The summed E-state index contributed by atoms with van der Waals surface area (Å²) < 4.78 is 0.906. The van der Waals surface area contributed by atoms with Gasteiger partial charge >= 0.3 is 0 Å². The standard InChI is InChI=1S/C7H21N4.ClH/c1-11(5-2-8,6-3-9)7-4-10;/h2-10H2,1H3;1H/q+1;/p-1. The molecule has 0 saturated carbocycles. The van der Waals surface area contributed by atoms with E-state index in [2.05, 4.69) is 7.05 Å². The Balaban J connectivity index is 0. The fourth-order valence-electron chi connectivity index (χ4n) is 1.27. The molecule has 0 saturated heterocycles. The van der Waals surface area contributed by atoms with Gasteiger partial charge in [-0.3, -0.25) is 0 Å². The first-order valence-electron chi connectivity index (χ1n) is 4.12. The van der Waals surface area contributed by atoms with Gasteiger partial charge in [0.15, 0.2) is 0 Å². The third kappa shape index (κ3) is 5.74. The van der Waals surface area contributed by atoms with Crippen LogP contribution in [0.2, 0.25) is 0 Å². The minimum atomic E-state index is 0. The summed E-state index contributed by atoms with van der Waals surface area (Å²) in [5.74, 6) is 0. The lowest BCUT2D eigenvalue weighted by molar-refractivity contribution is -0.905. The van der Waals surface area contributed by atoms with Crippen LogP contribution in [0.3, 0.4) is 0 Å². The number of nitrogens with two attached hydrogens (primary N) is 3. The monoisotopic (exact) mass is 196 g/mol. The predicted octanol–water partition coefficient (Wildman–Crippen LogP) is -4.69. The van der Waals surface area contributed by atoms with E-state index in [1.807, 2.05) is 0 Å². The number of quaternary nitrogens is 1. The van der Waals surface area contributed by atoms with Crippen LogP contribution >= 0.6 is 0 Å². The highest BCUT2D eigenvalue weighted by Gasteiger charge is 2.17. The molecule has 76 valence electrons. The van der Waals surface area contributed by atoms with Crippen molar-refractivity contribution in [2.24, 2.45) is 17.2 Å². The average molecular weight is 197 g/mol. The lowest BCUT2D eigenvalue weighted by Crippen LogP contribution is -3.00. The number of rotatable bonds is 6. The molecule has 0 atom stereocenters. The molecule has 0 bridgehead atoms. The van der Waals surface area contributed by atoms with Gasteiger partial charge in [0, 0.05) is 19.6 Å². The summed E-state index contributed by atoms with van der Waals surface area (Å²) in [6.07, 6.45) is 0. The van der Waals surface area contributed by atoms with Crippen molar-refractivity contribution >= 4 is 0 Å². The molecule has 0 heterocycles. The third-order valence-electron chi connectivity index (χ3n) is 2.01. The van der Waals surface area contributed by atoms with Crippen molar-refractivity contribution in [3.63, 3.8) is 0 Å². The lowest BCUT2D eigenvalue weighted by atomic mass is 10.3. The molecule has 0 aromatic heterocycles. The Morgan fingerprint density at radius 1 is 0.833 bits per heavy atom. The zero-order chi connectivity index (χ0) is 8.74. The number of hydrogen-bond donors (Lipinski definition) is 3. The highest BCUT2D eigenvalue weighted by molar-refractivity contribution is 4.43. The molecule has 0 fully saturated rings. The number of likely N-dealkylation sites (N-methyl/N-ethyl adjacent to an activating group) is 1. The normalized spacial score (nSPS) is 11.0. The fourth-order valence-corrected chi connectivity index (χ4v) is 1.27. The first-order chi connectivity index (χ1) is 5.18. The van der Waals surface area contributed by atoms with E-state index in [-0.39, 0.29) is 12.4 Å².